The molecular weight excluding hydrogens is 431 g/mol. The molecular formula is C28H35FN2O3. The molecule has 182 valence electrons. The smallest absolute Gasteiger partial charge is 0.223 e. The Bertz CT molecular complexity index is 966. The highest BCUT2D eigenvalue weighted by atomic mass is 19.1. The molecule has 0 radical (unpaired) electrons. The lowest BCUT2D eigenvalue weighted by Gasteiger charge is -2.31. The number of halogens is 1. The first-order valence-corrected chi connectivity index (χ1v) is 12.6. The molecule has 2 aromatic carbocycles. The third-order valence-corrected chi connectivity index (χ3v) is 7.00. The van der Waals surface area contributed by atoms with Gasteiger partial charge in [-0.2, -0.15) is 0 Å². The van der Waals surface area contributed by atoms with Crippen molar-refractivity contribution in [1.82, 2.24) is 10.2 Å². The molecule has 6 heteroatoms. The number of ether oxygens (including phenoxy) is 1. The number of nitrogens with zero attached hydrogens (tertiary/aromatic N) is 1. The van der Waals surface area contributed by atoms with Gasteiger partial charge in [0.2, 0.25) is 11.8 Å². The molecule has 1 heterocycles. The Morgan fingerprint density at radius 1 is 0.971 bits per heavy atom. The van der Waals surface area contributed by atoms with Crippen molar-refractivity contribution in [3.63, 3.8) is 0 Å². The Labute approximate surface area is 201 Å². The van der Waals surface area contributed by atoms with Crippen LogP contribution < -0.4 is 10.1 Å². The maximum atomic E-state index is 13.7. The van der Waals surface area contributed by atoms with Gasteiger partial charge in [-0.1, -0.05) is 30.3 Å². The molecule has 1 saturated heterocycles. The Morgan fingerprint density at radius 2 is 1.74 bits per heavy atom. The molecule has 2 amide bonds. The predicted molar refractivity (Wildman–Crippen MR) is 130 cm³/mol. The van der Waals surface area contributed by atoms with E-state index in [1.165, 1.54) is 18.9 Å². The highest BCUT2D eigenvalue weighted by molar-refractivity contribution is 5.80. The molecule has 1 aliphatic carbocycles. The van der Waals surface area contributed by atoms with Crippen LogP contribution in [0.15, 0.2) is 48.5 Å². The number of piperidine rings is 1. The quantitative estimate of drug-likeness (QED) is 0.584. The van der Waals surface area contributed by atoms with Crippen molar-refractivity contribution < 1.29 is 18.7 Å². The third kappa shape index (κ3) is 6.81. The van der Waals surface area contributed by atoms with Crippen LogP contribution in [-0.2, 0) is 22.4 Å². The van der Waals surface area contributed by atoms with Crippen molar-refractivity contribution in [3.8, 4) is 5.75 Å². The first-order valence-electron chi connectivity index (χ1n) is 12.6. The van der Waals surface area contributed by atoms with E-state index in [0.717, 1.165) is 24.2 Å². The van der Waals surface area contributed by atoms with E-state index in [-0.39, 0.29) is 23.5 Å². The first kappa shape index (κ1) is 24.2. The van der Waals surface area contributed by atoms with Gasteiger partial charge in [0.05, 0.1) is 6.10 Å². The van der Waals surface area contributed by atoms with E-state index in [1.54, 1.807) is 18.2 Å². The Hall–Kier alpha value is -2.89. The number of hydrogen-bond donors (Lipinski definition) is 1. The minimum atomic E-state index is -0.239. The lowest BCUT2D eigenvalue weighted by Crippen LogP contribution is -2.43. The van der Waals surface area contributed by atoms with Gasteiger partial charge in [-0.25, -0.2) is 4.39 Å². The summed E-state index contributed by atoms with van der Waals surface area (Å²) >= 11 is 0. The summed E-state index contributed by atoms with van der Waals surface area (Å²) in [6, 6.07) is 14.7. The summed E-state index contributed by atoms with van der Waals surface area (Å²) < 4.78 is 19.8. The number of benzene rings is 2. The monoisotopic (exact) mass is 466 g/mol. The van der Waals surface area contributed by atoms with Crippen LogP contribution in [0.4, 0.5) is 4.39 Å². The minimum absolute atomic E-state index is 0.00233. The molecule has 0 spiro atoms. The molecule has 0 bridgehead atoms. The van der Waals surface area contributed by atoms with Crippen LogP contribution in [0.3, 0.4) is 0 Å². The van der Waals surface area contributed by atoms with Crippen LogP contribution in [-0.4, -0.2) is 42.5 Å². The largest absolute Gasteiger partial charge is 0.490 e. The van der Waals surface area contributed by atoms with Gasteiger partial charge in [-0.05, 0) is 80.7 Å². The fraction of sp³-hybridized carbons (Fsp3) is 0.500. The lowest BCUT2D eigenvalue weighted by atomic mass is 9.95. The Kier molecular flexibility index (Phi) is 8.56. The summed E-state index contributed by atoms with van der Waals surface area (Å²) in [4.78, 5) is 27.1. The number of amides is 2. The fourth-order valence-electron chi connectivity index (χ4n) is 4.94. The van der Waals surface area contributed by atoms with Crippen molar-refractivity contribution in [2.75, 3.05) is 19.6 Å². The maximum Gasteiger partial charge on any atom is 0.223 e. The number of hydrogen-bond acceptors (Lipinski definition) is 3. The zero-order valence-corrected chi connectivity index (χ0v) is 19.8. The number of carbonyl (C=O) groups is 2. The third-order valence-electron chi connectivity index (χ3n) is 7.00. The molecule has 1 saturated carbocycles. The molecule has 34 heavy (non-hydrogen) atoms. The summed E-state index contributed by atoms with van der Waals surface area (Å²) in [6.45, 7) is 1.63. The average Bonchev–Trinajstić information content (AvgIpc) is 3.37. The van der Waals surface area contributed by atoms with Gasteiger partial charge in [0.15, 0.2) is 0 Å². The van der Waals surface area contributed by atoms with Crippen molar-refractivity contribution >= 4 is 11.8 Å². The molecule has 1 aliphatic heterocycles. The second-order valence-electron chi connectivity index (χ2n) is 9.46. The van der Waals surface area contributed by atoms with Gasteiger partial charge in [0, 0.05) is 32.0 Å². The van der Waals surface area contributed by atoms with Gasteiger partial charge >= 0.3 is 0 Å². The van der Waals surface area contributed by atoms with E-state index >= 15 is 0 Å². The highest BCUT2D eigenvalue weighted by Gasteiger charge is 2.27. The van der Waals surface area contributed by atoms with Crippen LogP contribution >= 0.6 is 0 Å². The number of aryl methyl sites for hydroxylation is 1. The summed E-state index contributed by atoms with van der Waals surface area (Å²) in [5.74, 6) is 0.715. The van der Waals surface area contributed by atoms with Gasteiger partial charge in [0.25, 0.3) is 0 Å². The van der Waals surface area contributed by atoms with E-state index in [0.29, 0.717) is 63.4 Å². The molecule has 2 aliphatic rings. The van der Waals surface area contributed by atoms with E-state index in [2.05, 4.69) is 11.4 Å². The molecule has 1 N–H and O–H groups in total. The second-order valence-corrected chi connectivity index (χ2v) is 9.46. The number of nitrogens with one attached hydrogen (secondary N) is 1. The van der Waals surface area contributed by atoms with Crippen LogP contribution in [0, 0.1) is 11.7 Å². The van der Waals surface area contributed by atoms with E-state index in [9.17, 15) is 14.0 Å². The molecule has 0 unspecified atom stereocenters. The number of rotatable bonds is 9. The average molecular weight is 467 g/mol. The number of carbonyl (C=O) groups excluding carboxylic acids is 2. The van der Waals surface area contributed by atoms with Crippen molar-refractivity contribution in [2.24, 2.45) is 5.92 Å². The maximum absolute atomic E-state index is 13.7. The van der Waals surface area contributed by atoms with Crippen molar-refractivity contribution in [3.05, 3.63) is 65.5 Å². The van der Waals surface area contributed by atoms with E-state index < -0.39 is 0 Å². The standard InChI is InChI=1S/C28H35FN2O3/c29-26-11-4-1-7-22(26)14-17-30-28(33)23-15-18-31(19-16-23)27(32)13-12-21-6-5-10-25(20-21)34-24-8-2-3-9-24/h1,4-7,10-11,20,23-24H,2-3,8-9,12-19H2,(H,30,33). The van der Waals surface area contributed by atoms with Crippen LogP contribution in [0.1, 0.15) is 56.1 Å². The highest BCUT2D eigenvalue weighted by Crippen LogP contribution is 2.25. The Morgan fingerprint density at radius 3 is 2.50 bits per heavy atom. The second kappa shape index (κ2) is 12.0. The summed E-state index contributed by atoms with van der Waals surface area (Å²) in [5, 5.41) is 2.93. The molecule has 0 aromatic heterocycles. The fourth-order valence-corrected chi connectivity index (χ4v) is 4.94. The van der Waals surface area contributed by atoms with Crippen LogP contribution in [0.2, 0.25) is 0 Å². The molecule has 5 nitrogen and oxygen atoms in total. The lowest BCUT2D eigenvalue weighted by molar-refractivity contribution is -0.135. The van der Waals surface area contributed by atoms with Gasteiger partial charge in [-0.15, -0.1) is 0 Å². The SMILES string of the molecule is O=C(NCCc1ccccc1F)C1CCN(C(=O)CCc2cccc(OC3CCCC3)c2)CC1. The predicted octanol–water partition coefficient (Wildman–Crippen LogP) is 4.68. The summed E-state index contributed by atoms with van der Waals surface area (Å²) in [5.41, 5.74) is 1.73. The minimum Gasteiger partial charge on any atom is -0.490 e. The van der Waals surface area contributed by atoms with Gasteiger partial charge < -0.3 is 15.0 Å². The van der Waals surface area contributed by atoms with Gasteiger partial charge in [0.1, 0.15) is 11.6 Å². The molecule has 2 aromatic rings. The van der Waals surface area contributed by atoms with E-state index in [1.807, 2.05) is 23.1 Å². The summed E-state index contributed by atoms with van der Waals surface area (Å²) in [6.07, 6.45) is 8.03. The van der Waals surface area contributed by atoms with Gasteiger partial charge in [-0.3, -0.25) is 9.59 Å². The number of likely N-dealkylation sites (tertiary alicyclic amines) is 1. The summed E-state index contributed by atoms with van der Waals surface area (Å²) in [7, 11) is 0. The van der Waals surface area contributed by atoms with Crippen molar-refractivity contribution in [2.45, 2.75) is 63.9 Å². The Balaban J connectivity index is 1.16. The first-order chi connectivity index (χ1) is 16.6. The zero-order valence-electron chi connectivity index (χ0n) is 19.8. The zero-order chi connectivity index (χ0) is 23.8. The topological polar surface area (TPSA) is 58.6 Å². The molecule has 2 fully saturated rings. The molecule has 0 atom stereocenters. The molecule has 4 rings (SSSR count). The van der Waals surface area contributed by atoms with Crippen LogP contribution in [0.5, 0.6) is 5.75 Å². The normalized spacial score (nSPS) is 17.0. The van der Waals surface area contributed by atoms with Crippen molar-refractivity contribution in [1.29, 1.82) is 0 Å². The van der Waals surface area contributed by atoms with Crippen LogP contribution in [0.25, 0.3) is 0 Å². The van der Waals surface area contributed by atoms with E-state index in [4.69, 9.17) is 4.74 Å².